The predicted molar refractivity (Wildman–Crippen MR) is 66.5 cm³/mol. The Morgan fingerprint density at radius 1 is 1.33 bits per heavy atom. The van der Waals surface area contributed by atoms with Crippen LogP contribution < -0.4 is 10.6 Å². The van der Waals surface area contributed by atoms with Gasteiger partial charge < -0.3 is 10.6 Å². The van der Waals surface area contributed by atoms with E-state index in [-0.39, 0.29) is 6.04 Å². The van der Waals surface area contributed by atoms with Crippen molar-refractivity contribution >= 4 is 17.5 Å². The van der Waals surface area contributed by atoms with Crippen molar-refractivity contribution in [2.45, 2.75) is 18.9 Å². The van der Waals surface area contributed by atoms with Gasteiger partial charge in [0.15, 0.2) is 0 Å². The van der Waals surface area contributed by atoms with E-state index in [1.54, 1.807) is 0 Å². The largest absolute Gasteiger partial charge is 0.352 e. The van der Waals surface area contributed by atoms with Crippen molar-refractivity contribution in [3.63, 3.8) is 0 Å². The molecular formula is C12H11F2N3O4. The third kappa shape index (κ3) is 3.71. The summed E-state index contributed by atoms with van der Waals surface area (Å²) < 4.78 is 26.9. The summed E-state index contributed by atoms with van der Waals surface area (Å²) in [5.41, 5.74) is -1.96. The quantitative estimate of drug-likeness (QED) is 0.622. The first-order valence-corrected chi connectivity index (χ1v) is 6.09. The lowest BCUT2D eigenvalue weighted by atomic mass is 10.1. The Morgan fingerprint density at radius 2 is 2.00 bits per heavy atom. The van der Waals surface area contributed by atoms with Crippen molar-refractivity contribution in [2.24, 2.45) is 0 Å². The van der Waals surface area contributed by atoms with Crippen LogP contribution in [0, 0.1) is 21.7 Å². The van der Waals surface area contributed by atoms with Gasteiger partial charge in [-0.2, -0.15) is 4.39 Å². The van der Waals surface area contributed by atoms with Gasteiger partial charge in [0.2, 0.25) is 11.7 Å². The molecule has 0 atom stereocenters. The highest BCUT2D eigenvalue weighted by Crippen LogP contribution is 2.22. The van der Waals surface area contributed by atoms with Gasteiger partial charge in [0, 0.05) is 6.04 Å². The fraction of sp³-hybridized carbons (Fsp3) is 0.333. The molecule has 112 valence electrons. The number of nitro groups is 1. The molecule has 0 radical (unpaired) electrons. The highest BCUT2D eigenvalue weighted by Gasteiger charge is 2.26. The summed E-state index contributed by atoms with van der Waals surface area (Å²) in [7, 11) is 0. The average Bonchev–Trinajstić information content (AvgIpc) is 3.21. The topological polar surface area (TPSA) is 101 Å². The van der Waals surface area contributed by atoms with Gasteiger partial charge in [0.25, 0.3) is 5.91 Å². The molecule has 0 bridgehead atoms. The molecule has 0 aliphatic heterocycles. The Bertz CT molecular complexity index is 617. The Kier molecular flexibility index (Phi) is 4.10. The summed E-state index contributed by atoms with van der Waals surface area (Å²) in [6.45, 7) is -0.418. The molecule has 2 rings (SSSR count). The van der Waals surface area contributed by atoms with E-state index in [9.17, 15) is 28.5 Å². The first-order valence-electron chi connectivity index (χ1n) is 6.09. The Morgan fingerprint density at radius 3 is 2.57 bits per heavy atom. The number of benzene rings is 1. The third-order valence-electron chi connectivity index (χ3n) is 2.81. The number of carbonyl (C=O) groups is 2. The molecule has 0 spiro atoms. The van der Waals surface area contributed by atoms with Crippen molar-refractivity contribution in [3.8, 4) is 0 Å². The number of rotatable bonds is 5. The third-order valence-corrected chi connectivity index (χ3v) is 2.81. The van der Waals surface area contributed by atoms with Crippen LogP contribution in [0.4, 0.5) is 14.5 Å². The van der Waals surface area contributed by atoms with Gasteiger partial charge in [0.05, 0.1) is 23.1 Å². The number of amides is 2. The first kappa shape index (κ1) is 14.8. The highest BCUT2D eigenvalue weighted by atomic mass is 19.1. The van der Waals surface area contributed by atoms with Crippen LogP contribution >= 0.6 is 0 Å². The van der Waals surface area contributed by atoms with E-state index in [4.69, 9.17) is 0 Å². The maximum atomic E-state index is 13.7. The maximum absolute atomic E-state index is 13.7. The van der Waals surface area contributed by atoms with Gasteiger partial charge >= 0.3 is 5.69 Å². The van der Waals surface area contributed by atoms with Gasteiger partial charge in [0.1, 0.15) is 5.82 Å². The van der Waals surface area contributed by atoms with Crippen LogP contribution in [0.25, 0.3) is 0 Å². The number of halogens is 2. The second-order valence-corrected chi connectivity index (χ2v) is 4.57. The van der Waals surface area contributed by atoms with Gasteiger partial charge in [-0.3, -0.25) is 19.7 Å². The van der Waals surface area contributed by atoms with Crippen molar-refractivity contribution in [1.29, 1.82) is 0 Å². The SMILES string of the molecule is O=C(CNC(=O)c1cc(F)cc([N+](=O)[O-])c1F)NC1CC1. The van der Waals surface area contributed by atoms with Gasteiger partial charge in [-0.15, -0.1) is 0 Å². The fourth-order valence-electron chi connectivity index (χ4n) is 1.64. The molecule has 0 saturated heterocycles. The summed E-state index contributed by atoms with van der Waals surface area (Å²) in [6, 6.07) is 1.02. The lowest BCUT2D eigenvalue weighted by Gasteiger charge is -2.07. The summed E-state index contributed by atoms with van der Waals surface area (Å²) >= 11 is 0. The van der Waals surface area contributed by atoms with Crippen LogP contribution in [-0.2, 0) is 4.79 Å². The molecule has 1 aliphatic rings. The number of carbonyl (C=O) groups excluding carboxylic acids is 2. The van der Waals surface area contributed by atoms with Crippen LogP contribution in [0.3, 0.4) is 0 Å². The molecule has 2 N–H and O–H groups in total. The summed E-state index contributed by atoms with van der Waals surface area (Å²) in [5, 5.41) is 15.2. The van der Waals surface area contributed by atoms with E-state index in [1.165, 1.54) is 0 Å². The van der Waals surface area contributed by atoms with E-state index >= 15 is 0 Å². The normalized spacial score (nSPS) is 13.6. The zero-order chi connectivity index (χ0) is 15.6. The van der Waals surface area contributed by atoms with Crippen LogP contribution in [0.1, 0.15) is 23.2 Å². The molecule has 9 heteroatoms. The minimum Gasteiger partial charge on any atom is -0.352 e. The Labute approximate surface area is 117 Å². The first-order chi connectivity index (χ1) is 9.88. The number of nitrogens with zero attached hydrogens (tertiary/aromatic N) is 1. The molecule has 7 nitrogen and oxygen atoms in total. The molecule has 0 heterocycles. The van der Waals surface area contributed by atoms with E-state index in [0.29, 0.717) is 12.1 Å². The van der Waals surface area contributed by atoms with E-state index in [2.05, 4.69) is 10.6 Å². The van der Waals surface area contributed by atoms with Crippen molar-refractivity contribution in [2.75, 3.05) is 6.54 Å². The summed E-state index contributed by atoms with van der Waals surface area (Å²) in [6.07, 6.45) is 1.73. The molecule has 1 fully saturated rings. The van der Waals surface area contributed by atoms with E-state index < -0.39 is 46.2 Å². The van der Waals surface area contributed by atoms with Crippen LogP contribution in [0.5, 0.6) is 0 Å². The summed E-state index contributed by atoms with van der Waals surface area (Å²) in [5.74, 6) is -4.12. The molecule has 1 aliphatic carbocycles. The highest BCUT2D eigenvalue weighted by molar-refractivity contribution is 5.97. The predicted octanol–water partition coefficient (Wildman–Crippen LogP) is 0.881. The minimum absolute atomic E-state index is 0.0985. The Hall–Kier alpha value is -2.58. The smallest absolute Gasteiger partial charge is 0.308 e. The molecule has 1 aromatic carbocycles. The van der Waals surface area contributed by atoms with Crippen molar-refractivity contribution in [1.82, 2.24) is 10.6 Å². The average molecular weight is 299 g/mol. The van der Waals surface area contributed by atoms with Crippen molar-refractivity contribution < 1.29 is 23.3 Å². The minimum atomic E-state index is -1.44. The van der Waals surface area contributed by atoms with Gasteiger partial charge in [-0.05, 0) is 18.9 Å². The van der Waals surface area contributed by atoms with Crippen LogP contribution in [0.15, 0.2) is 12.1 Å². The zero-order valence-electron chi connectivity index (χ0n) is 10.7. The monoisotopic (exact) mass is 299 g/mol. The molecule has 0 aromatic heterocycles. The van der Waals surface area contributed by atoms with Gasteiger partial charge in [-0.1, -0.05) is 0 Å². The second-order valence-electron chi connectivity index (χ2n) is 4.57. The molecule has 1 aromatic rings. The standard InChI is InChI=1S/C12H11F2N3O4/c13-6-3-8(11(14)9(4-6)17(20)21)12(19)15-5-10(18)16-7-1-2-7/h3-4,7H,1-2,5H2,(H,15,19)(H,16,18). The second kappa shape index (κ2) is 5.81. The lowest BCUT2D eigenvalue weighted by molar-refractivity contribution is -0.387. The van der Waals surface area contributed by atoms with Crippen LogP contribution in [0.2, 0.25) is 0 Å². The number of hydrogen-bond donors (Lipinski definition) is 2. The number of nitrogens with one attached hydrogen (secondary N) is 2. The molecule has 1 saturated carbocycles. The molecular weight excluding hydrogens is 288 g/mol. The molecule has 0 unspecified atom stereocenters. The maximum Gasteiger partial charge on any atom is 0.308 e. The fourth-order valence-corrected chi connectivity index (χ4v) is 1.64. The number of nitro benzene ring substituents is 1. The molecule has 2 amide bonds. The van der Waals surface area contributed by atoms with Gasteiger partial charge in [-0.25, -0.2) is 4.39 Å². The van der Waals surface area contributed by atoms with Crippen molar-refractivity contribution in [3.05, 3.63) is 39.4 Å². The number of hydrogen-bond acceptors (Lipinski definition) is 4. The lowest BCUT2D eigenvalue weighted by Crippen LogP contribution is -2.38. The summed E-state index contributed by atoms with van der Waals surface area (Å²) in [4.78, 5) is 32.4. The van der Waals surface area contributed by atoms with Crippen LogP contribution in [-0.4, -0.2) is 29.3 Å². The zero-order valence-corrected chi connectivity index (χ0v) is 10.7. The molecule has 21 heavy (non-hydrogen) atoms. The van der Waals surface area contributed by atoms with E-state index in [1.807, 2.05) is 0 Å². The van der Waals surface area contributed by atoms with E-state index in [0.717, 1.165) is 12.8 Å². The Balaban J connectivity index is 2.07.